The Morgan fingerprint density at radius 2 is 2.04 bits per heavy atom. The second-order valence-electron chi connectivity index (χ2n) is 5.33. The van der Waals surface area contributed by atoms with Gasteiger partial charge in [0.2, 0.25) is 0 Å². The molecular formula is C18H17N3O4. The molecule has 0 fully saturated rings. The number of nitrogens with two attached hydrogens (primary N) is 1. The van der Waals surface area contributed by atoms with E-state index in [1.807, 2.05) is 42.5 Å². The lowest BCUT2D eigenvalue weighted by Crippen LogP contribution is -2.15. The van der Waals surface area contributed by atoms with Gasteiger partial charge in [0, 0.05) is 17.8 Å². The minimum Gasteiger partial charge on any atom is -0.487 e. The van der Waals surface area contributed by atoms with Crippen LogP contribution in [0.15, 0.2) is 59.3 Å². The summed E-state index contributed by atoms with van der Waals surface area (Å²) in [5.41, 5.74) is 7.34. The van der Waals surface area contributed by atoms with Crippen LogP contribution in [0.5, 0.6) is 5.75 Å². The maximum atomic E-state index is 10.8. The van der Waals surface area contributed by atoms with Gasteiger partial charge in [-0.05, 0) is 43.3 Å². The molecule has 2 aromatic heterocycles. The Hall–Kier alpha value is -3.35. The first kappa shape index (κ1) is 16.5. The number of rotatable bonds is 6. The highest BCUT2D eigenvalue weighted by molar-refractivity contribution is 5.65. The highest BCUT2D eigenvalue weighted by Gasteiger charge is 2.16. The van der Waals surface area contributed by atoms with E-state index in [9.17, 15) is 4.79 Å². The highest BCUT2D eigenvalue weighted by Crippen LogP contribution is 2.26. The largest absolute Gasteiger partial charge is 0.487 e. The predicted molar refractivity (Wildman–Crippen MR) is 89.6 cm³/mol. The maximum absolute atomic E-state index is 10.8. The Labute approximate surface area is 144 Å². The summed E-state index contributed by atoms with van der Waals surface area (Å²) in [5, 5.41) is 3.98. The summed E-state index contributed by atoms with van der Waals surface area (Å²) in [6.07, 6.45) is 0.270. The summed E-state index contributed by atoms with van der Waals surface area (Å²) < 4.78 is 15.7. The molecule has 0 radical (unpaired) electrons. The van der Waals surface area contributed by atoms with Crippen molar-refractivity contribution in [2.24, 2.45) is 5.73 Å². The average molecular weight is 339 g/mol. The standard InChI is InChI=1S/C18H17N3O4/c1-12(24-18(19)22)17-10-16(21-25-17)13-5-7-15(8-6-13)23-11-14-4-2-3-9-20-14/h2-10,12H,11H2,1H3,(H2,19,22). The fourth-order valence-electron chi connectivity index (χ4n) is 2.21. The first-order valence-electron chi connectivity index (χ1n) is 7.67. The smallest absolute Gasteiger partial charge is 0.405 e. The van der Waals surface area contributed by atoms with Crippen molar-refractivity contribution in [1.29, 1.82) is 0 Å². The van der Waals surface area contributed by atoms with Crippen LogP contribution in [0.4, 0.5) is 4.79 Å². The molecule has 1 atom stereocenters. The van der Waals surface area contributed by atoms with Gasteiger partial charge in [-0.15, -0.1) is 0 Å². The van der Waals surface area contributed by atoms with E-state index < -0.39 is 12.2 Å². The minimum atomic E-state index is -0.861. The SMILES string of the molecule is CC(OC(N)=O)c1cc(-c2ccc(OCc3ccccn3)cc2)no1. The maximum Gasteiger partial charge on any atom is 0.405 e. The van der Waals surface area contributed by atoms with E-state index in [2.05, 4.69) is 10.1 Å². The molecule has 2 N–H and O–H groups in total. The monoisotopic (exact) mass is 339 g/mol. The summed E-state index contributed by atoms with van der Waals surface area (Å²) in [6, 6.07) is 14.8. The molecule has 0 aliphatic heterocycles. The third-order valence-electron chi connectivity index (χ3n) is 3.48. The number of nitrogens with zero attached hydrogens (tertiary/aromatic N) is 2. The summed E-state index contributed by atoms with van der Waals surface area (Å²) in [6.45, 7) is 2.06. The zero-order chi connectivity index (χ0) is 17.6. The lowest BCUT2D eigenvalue weighted by Gasteiger charge is -2.06. The molecule has 0 saturated carbocycles. The van der Waals surface area contributed by atoms with E-state index in [0.717, 1.165) is 17.0 Å². The number of ether oxygens (including phenoxy) is 2. The van der Waals surface area contributed by atoms with Gasteiger partial charge in [0.15, 0.2) is 11.9 Å². The molecular weight excluding hydrogens is 322 g/mol. The minimum absolute atomic E-state index is 0.399. The number of aromatic nitrogens is 2. The third kappa shape index (κ3) is 4.35. The van der Waals surface area contributed by atoms with Crippen LogP contribution in [0, 0.1) is 0 Å². The zero-order valence-electron chi connectivity index (χ0n) is 13.6. The van der Waals surface area contributed by atoms with Crippen LogP contribution in [-0.4, -0.2) is 16.2 Å². The highest BCUT2D eigenvalue weighted by atomic mass is 16.6. The molecule has 0 saturated heterocycles. The second-order valence-corrected chi connectivity index (χ2v) is 5.33. The third-order valence-corrected chi connectivity index (χ3v) is 3.48. The molecule has 128 valence electrons. The Kier molecular flexibility index (Phi) is 4.94. The number of carbonyl (C=O) groups is 1. The van der Waals surface area contributed by atoms with E-state index in [1.54, 1.807) is 19.2 Å². The van der Waals surface area contributed by atoms with E-state index in [4.69, 9.17) is 19.7 Å². The Morgan fingerprint density at radius 1 is 1.24 bits per heavy atom. The Morgan fingerprint density at radius 3 is 2.72 bits per heavy atom. The number of primary amides is 1. The van der Waals surface area contributed by atoms with Crippen molar-refractivity contribution in [3.63, 3.8) is 0 Å². The lowest BCUT2D eigenvalue weighted by atomic mass is 10.1. The van der Waals surface area contributed by atoms with Crippen LogP contribution < -0.4 is 10.5 Å². The molecule has 25 heavy (non-hydrogen) atoms. The fraction of sp³-hybridized carbons (Fsp3) is 0.167. The number of amides is 1. The summed E-state index contributed by atoms with van der Waals surface area (Å²) in [4.78, 5) is 15.0. The molecule has 3 rings (SSSR count). The van der Waals surface area contributed by atoms with Crippen LogP contribution in [0.3, 0.4) is 0 Å². The molecule has 0 bridgehead atoms. The van der Waals surface area contributed by atoms with Gasteiger partial charge in [0.05, 0.1) is 5.69 Å². The van der Waals surface area contributed by atoms with Crippen molar-refractivity contribution in [2.45, 2.75) is 19.6 Å². The van der Waals surface area contributed by atoms with Crippen LogP contribution in [0.2, 0.25) is 0 Å². The topological polar surface area (TPSA) is 100 Å². The molecule has 1 unspecified atom stereocenters. The van der Waals surface area contributed by atoms with E-state index in [-0.39, 0.29) is 0 Å². The van der Waals surface area contributed by atoms with Crippen molar-refractivity contribution in [3.05, 3.63) is 66.2 Å². The average Bonchev–Trinajstić information content (AvgIpc) is 3.11. The zero-order valence-corrected chi connectivity index (χ0v) is 13.6. The molecule has 7 nitrogen and oxygen atoms in total. The molecule has 3 aromatic rings. The van der Waals surface area contributed by atoms with Gasteiger partial charge in [-0.25, -0.2) is 4.79 Å². The van der Waals surface area contributed by atoms with Gasteiger partial charge in [-0.2, -0.15) is 0 Å². The van der Waals surface area contributed by atoms with Gasteiger partial charge < -0.3 is 19.7 Å². The van der Waals surface area contributed by atoms with E-state index >= 15 is 0 Å². The number of benzene rings is 1. The Bertz CT molecular complexity index is 831. The van der Waals surface area contributed by atoms with Crippen LogP contribution in [-0.2, 0) is 11.3 Å². The molecule has 1 amide bonds. The van der Waals surface area contributed by atoms with Crippen molar-refractivity contribution >= 4 is 6.09 Å². The van der Waals surface area contributed by atoms with E-state index in [1.165, 1.54) is 0 Å². The van der Waals surface area contributed by atoms with Crippen LogP contribution in [0.25, 0.3) is 11.3 Å². The summed E-state index contributed by atoms with van der Waals surface area (Å²) in [7, 11) is 0. The van der Waals surface area contributed by atoms with Gasteiger partial charge in [-0.1, -0.05) is 11.2 Å². The van der Waals surface area contributed by atoms with Crippen molar-refractivity contribution in [3.8, 4) is 17.0 Å². The Balaban J connectivity index is 1.64. The molecule has 2 heterocycles. The normalized spacial score (nSPS) is 11.7. The first-order valence-corrected chi connectivity index (χ1v) is 7.67. The van der Waals surface area contributed by atoms with E-state index in [0.29, 0.717) is 18.1 Å². The molecule has 0 aliphatic rings. The molecule has 0 spiro atoms. The van der Waals surface area contributed by atoms with Gasteiger partial charge in [0.25, 0.3) is 0 Å². The van der Waals surface area contributed by atoms with Crippen molar-refractivity contribution < 1.29 is 18.8 Å². The van der Waals surface area contributed by atoms with Crippen molar-refractivity contribution in [1.82, 2.24) is 10.1 Å². The number of hydrogen-bond donors (Lipinski definition) is 1. The van der Waals surface area contributed by atoms with Crippen LogP contribution >= 0.6 is 0 Å². The second kappa shape index (κ2) is 7.48. The molecule has 1 aromatic carbocycles. The molecule has 0 aliphatic carbocycles. The fourth-order valence-corrected chi connectivity index (χ4v) is 2.21. The number of carbonyl (C=O) groups excluding carboxylic acids is 1. The van der Waals surface area contributed by atoms with Crippen LogP contribution in [0.1, 0.15) is 24.5 Å². The van der Waals surface area contributed by atoms with Gasteiger partial charge >= 0.3 is 6.09 Å². The summed E-state index contributed by atoms with van der Waals surface area (Å²) in [5.74, 6) is 1.15. The number of pyridine rings is 1. The van der Waals surface area contributed by atoms with Crippen molar-refractivity contribution in [2.75, 3.05) is 0 Å². The molecule has 7 heteroatoms. The van der Waals surface area contributed by atoms with Gasteiger partial charge in [-0.3, -0.25) is 4.98 Å². The predicted octanol–water partition coefficient (Wildman–Crippen LogP) is 3.47. The summed E-state index contributed by atoms with van der Waals surface area (Å²) >= 11 is 0. The van der Waals surface area contributed by atoms with Gasteiger partial charge in [0.1, 0.15) is 18.1 Å². The number of hydrogen-bond acceptors (Lipinski definition) is 6. The lowest BCUT2D eigenvalue weighted by molar-refractivity contribution is 0.0991. The first-order chi connectivity index (χ1) is 12.1. The quantitative estimate of drug-likeness (QED) is 0.738.